The van der Waals surface area contributed by atoms with Gasteiger partial charge in [-0.3, -0.25) is 4.79 Å². The van der Waals surface area contributed by atoms with Crippen molar-refractivity contribution in [3.8, 4) is 11.3 Å². The molecule has 0 atom stereocenters. The van der Waals surface area contributed by atoms with Crippen molar-refractivity contribution in [2.24, 2.45) is 0 Å². The second kappa shape index (κ2) is 9.89. The van der Waals surface area contributed by atoms with E-state index in [1.54, 1.807) is 6.20 Å². The third kappa shape index (κ3) is 5.41. The molecule has 2 aromatic carbocycles. The van der Waals surface area contributed by atoms with Gasteiger partial charge in [-0.25, -0.2) is 22.8 Å². The van der Waals surface area contributed by atoms with E-state index in [2.05, 4.69) is 15.3 Å². The minimum atomic E-state index is -3.06. The van der Waals surface area contributed by atoms with Crippen LogP contribution in [0, 0.1) is 5.82 Å². The Kier molecular flexibility index (Phi) is 6.92. The van der Waals surface area contributed by atoms with E-state index in [-0.39, 0.29) is 29.1 Å². The standard InChI is InChI=1S/C25H27FN4O3S/c1-34(32,33)19-10-7-17(8-11-19)22-15-28-24(27)23(30-22)18-9-12-21(26)20(13-18)25(31)29-14-16-5-3-2-4-6-16/h2-6,9,12-13,15,17,19H,7-8,10-11,14H2,1H3,(H2,27,28)(H,29,31). The van der Waals surface area contributed by atoms with Gasteiger partial charge in [-0.05, 0) is 49.4 Å². The number of nitrogen functional groups attached to an aromatic ring is 1. The average molecular weight is 483 g/mol. The molecular weight excluding hydrogens is 455 g/mol. The summed E-state index contributed by atoms with van der Waals surface area (Å²) in [4.78, 5) is 21.6. The van der Waals surface area contributed by atoms with Gasteiger partial charge in [0.05, 0.1) is 22.7 Å². The molecule has 0 unspecified atom stereocenters. The van der Waals surface area contributed by atoms with Gasteiger partial charge in [0, 0.05) is 24.3 Å². The lowest BCUT2D eigenvalue weighted by atomic mass is 9.86. The molecule has 3 aromatic rings. The monoisotopic (exact) mass is 482 g/mol. The van der Waals surface area contributed by atoms with Crippen LogP contribution in [0.3, 0.4) is 0 Å². The van der Waals surface area contributed by atoms with Gasteiger partial charge in [0.25, 0.3) is 5.91 Å². The van der Waals surface area contributed by atoms with E-state index < -0.39 is 21.6 Å². The number of carbonyl (C=O) groups excluding carboxylic acids is 1. The van der Waals surface area contributed by atoms with Crippen molar-refractivity contribution in [2.45, 2.75) is 43.4 Å². The SMILES string of the molecule is CS(=O)(=O)C1CCC(c2cnc(N)c(-c3ccc(F)c(C(=O)NCc4ccccc4)c3)n2)CC1. The topological polar surface area (TPSA) is 115 Å². The molecule has 1 saturated carbocycles. The highest BCUT2D eigenvalue weighted by Gasteiger charge is 2.29. The number of nitrogens with one attached hydrogen (secondary N) is 1. The molecule has 1 aromatic heterocycles. The van der Waals surface area contributed by atoms with Crippen LogP contribution in [-0.2, 0) is 16.4 Å². The fourth-order valence-electron chi connectivity index (χ4n) is 4.33. The van der Waals surface area contributed by atoms with Crippen molar-refractivity contribution < 1.29 is 17.6 Å². The van der Waals surface area contributed by atoms with Crippen LogP contribution < -0.4 is 11.1 Å². The number of aromatic nitrogens is 2. The van der Waals surface area contributed by atoms with Gasteiger partial charge in [-0.15, -0.1) is 0 Å². The summed E-state index contributed by atoms with van der Waals surface area (Å²) >= 11 is 0. The number of benzene rings is 2. The molecule has 4 rings (SSSR count). The summed E-state index contributed by atoms with van der Waals surface area (Å²) in [5.41, 5.74) is 8.46. The van der Waals surface area contributed by atoms with Gasteiger partial charge in [-0.2, -0.15) is 0 Å². The minimum absolute atomic E-state index is 0.0685. The maximum absolute atomic E-state index is 14.5. The maximum atomic E-state index is 14.5. The molecule has 3 N–H and O–H groups in total. The number of nitrogens with two attached hydrogens (primary N) is 1. The fourth-order valence-corrected chi connectivity index (χ4v) is 5.46. The number of carbonyl (C=O) groups is 1. The Labute approximate surface area is 198 Å². The predicted octanol–water partition coefficient (Wildman–Crippen LogP) is 3.87. The highest BCUT2D eigenvalue weighted by molar-refractivity contribution is 7.91. The van der Waals surface area contributed by atoms with Crippen molar-refractivity contribution >= 4 is 21.6 Å². The molecule has 1 aliphatic rings. The lowest BCUT2D eigenvalue weighted by Crippen LogP contribution is -2.26. The Hall–Kier alpha value is -3.33. The van der Waals surface area contributed by atoms with E-state index in [0.29, 0.717) is 36.9 Å². The van der Waals surface area contributed by atoms with Crippen molar-refractivity contribution in [3.63, 3.8) is 0 Å². The second-order valence-electron chi connectivity index (χ2n) is 8.69. The molecular formula is C25H27FN4O3S. The lowest BCUT2D eigenvalue weighted by Gasteiger charge is -2.27. The zero-order chi connectivity index (χ0) is 24.3. The number of anilines is 1. The molecule has 7 nitrogen and oxygen atoms in total. The van der Waals surface area contributed by atoms with Crippen LogP contribution in [0.1, 0.15) is 53.2 Å². The van der Waals surface area contributed by atoms with Crippen molar-refractivity contribution in [2.75, 3.05) is 12.0 Å². The van der Waals surface area contributed by atoms with E-state index in [1.165, 1.54) is 24.5 Å². The number of halogens is 1. The highest BCUT2D eigenvalue weighted by atomic mass is 32.2. The molecule has 0 bridgehead atoms. The van der Waals surface area contributed by atoms with Crippen LogP contribution in [0.4, 0.5) is 10.2 Å². The Morgan fingerprint density at radius 1 is 1.12 bits per heavy atom. The summed E-state index contributed by atoms with van der Waals surface area (Å²) < 4.78 is 38.2. The van der Waals surface area contributed by atoms with Gasteiger partial charge < -0.3 is 11.1 Å². The smallest absolute Gasteiger partial charge is 0.254 e. The van der Waals surface area contributed by atoms with Crippen LogP contribution in [0.15, 0.2) is 54.7 Å². The first-order valence-electron chi connectivity index (χ1n) is 11.2. The third-order valence-corrected chi connectivity index (χ3v) is 7.98. The molecule has 0 saturated heterocycles. The Bertz CT molecular complexity index is 1290. The fraction of sp³-hybridized carbons (Fsp3) is 0.320. The summed E-state index contributed by atoms with van der Waals surface area (Å²) in [6.45, 7) is 0.275. The molecule has 9 heteroatoms. The van der Waals surface area contributed by atoms with E-state index in [4.69, 9.17) is 5.73 Å². The van der Waals surface area contributed by atoms with Crippen LogP contribution in [0.25, 0.3) is 11.3 Å². The summed E-state index contributed by atoms with van der Waals surface area (Å²) in [7, 11) is -3.06. The molecule has 1 fully saturated rings. The third-order valence-electron chi connectivity index (χ3n) is 6.30. The normalized spacial score (nSPS) is 18.4. The summed E-state index contributed by atoms with van der Waals surface area (Å²) in [5.74, 6) is -0.934. The summed E-state index contributed by atoms with van der Waals surface area (Å²) in [6, 6.07) is 13.5. The number of hydrogen-bond acceptors (Lipinski definition) is 6. The first-order chi connectivity index (χ1) is 16.2. The number of rotatable bonds is 6. The van der Waals surface area contributed by atoms with E-state index in [9.17, 15) is 17.6 Å². The number of sulfone groups is 1. The summed E-state index contributed by atoms with van der Waals surface area (Å²) in [5, 5.41) is 2.41. The second-order valence-corrected chi connectivity index (χ2v) is 11.0. The largest absolute Gasteiger partial charge is 0.382 e. The highest BCUT2D eigenvalue weighted by Crippen LogP contribution is 2.35. The number of nitrogens with zero attached hydrogens (tertiary/aromatic N) is 2. The van der Waals surface area contributed by atoms with E-state index in [1.807, 2.05) is 30.3 Å². The molecule has 0 aliphatic heterocycles. The number of hydrogen-bond donors (Lipinski definition) is 2. The maximum Gasteiger partial charge on any atom is 0.254 e. The molecule has 0 spiro atoms. The molecule has 178 valence electrons. The zero-order valence-corrected chi connectivity index (χ0v) is 19.7. The molecule has 1 heterocycles. The van der Waals surface area contributed by atoms with E-state index in [0.717, 1.165) is 11.3 Å². The van der Waals surface area contributed by atoms with Gasteiger partial charge in [0.1, 0.15) is 27.2 Å². The van der Waals surface area contributed by atoms with Crippen LogP contribution in [0.2, 0.25) is 0 Å². The van der Waals surface area contributed by atoms with Crippen molar-refractivity contribution in [3.05, 3.63) is 77.4 Å². The van der Waals surface area contributed by atoms with Gasteiger partial charge in [0.15, 0.2) is 0 Å². The van der Waals surface area contributed by atoms with Gasteiger partial charge in [-0.1, -0.05) is 30.3 Å². The Morgan fingerprint density at radius 2 is 1.82 bits per heavy atom. The molecule has 34 heavy (non-hydrogen) atoms. The van der Waals surface area contributed by atoms with Crippen molar-refractivity contribution in [1.29, 1.82) is 0 Å². The first kappa shape index (κ1) is 23.8. The Morgan fingerprint density at radius 3 is 2.50 bits per heavy atom. The van der Waals surface area contributed by atoms with Gasteiger partial charge in [0.2, 0.25) is 0 Å². The number of amides is 1. The Balaban J connectivity index is 1.54. The van der Waals surface area contributed by atoms with Crippen LogP contribution >= 0.6 is 0 Å². The van der Waals surface area contributed by atoms with Crippen LogP contribution in [0.5, 0.6) is 0 Å². The van der Waals surface area contributed by atoms with Crippen LogP contribution in [-0.4, -0.2) is 35.8 Å². The van der Waals surface area contributed by atoms with E-state index >= 15 is 0 Å². The van der Waals surface area contributed by atoms with Crippen molar-refractivity contribution in [1.82, 2.24) is 15.3 Å². The predicted molar refractivity (Wildman–Crippen MR) is 129 cm³/mol. The van der Waals surface area contributed by atoms with Gasteiger partial charge >= 0.3 is 0 Å². The minimum Gasteiger partial charge on any atom is -0.382 e. The summed E-state index contributed by atoms with van der Waals surface area (Å²) in [6.07, 6.45) is 5.42. The zero-order valence-electron chi connectivity index (χ0n) is 18.9. The first-order valence-corrected chi connectivity index (χ1v) is 13.1. The molecule has 1 amide bonds. The molecule has 1 aliphatic carbocycles. The quantitative estimate of drug-likeness (QED) is 0.551. The molecule has 0 radical (unpaired) electrons. The lowest BCUT2D eigenvalue weighted by molar-refractivity contribution is 0.0947. The average Bonchev–Trinajstić information content (AvgIpc) is 2.83.